The van der Waals surface area contributed by atoms with Crippen molar-refractivity contribution in [1.82, 2.24) is 20.2 Å². The number of ether oxygens (including phenoxy) is 2. The average Bonchev–Trinajstić information content (AvgIpc) is 3.33. The molecule has 0 saturated heterocycles. The monoisotopic (exact) mass is 512 g/mol. The molecule has 35 heavy (non-hydrogen) atoms. The molecule has 0 bridgehead atoms. The SMILES string of the molecule is CC(n1ncnn1)C(O)(c1ccc(OC(F)(F)C(F)F)cc1)c1ccc(OC(F)(F)C(F)F)cc1. The van der Waals surface area contributed by atoms with Crippen LogP contribution in [-0.4, -0.2) is 50.4 Å². The Morgan fingerprint density at radius 1 is 0.771 bits per heavy atom. The number of hydrogen-bond acceptors (Lipinski definition) is 6. The second-order valence-corrected chi connectivity index (χ2v) is 7.18. The fourth-order valence-corrected chi connectivity index (χ4v) is 3.13. The third kappa shape index (κ3) is 5.44. The summed E-state index contributed by atoms with van der Waals surface area (Å²) in [4.78, 5) is 0.991. The molecule has 0 aliphatic rings. The molecular weight excluding hydrogens is 496 g/mol. The highest BCUT2D eigenvalue weighted by atomic mass is 19.3. The van der Waals surface area contributed by atoms with Gasteiger partial charge >= 0.3 is 25.1 Å². The molecule has 1 heterocycles. The number of tetrazole rings is 1. The molecule has 0 amide bonds. The van der Waals surface area contributed by atoms with Gasteiger partial charge in [0.15, 0.2) is 6.33 Å². The summed E-state index contributed by atoms with van der Waals surface area (Å²) in [5.41, 5.74) is -2.09. The highest BCUT2D eigenvalue weighted by Crippen LogP contribution is 2.41. The standard InChI is InChI=1S/C20H16F8N4O3/c1-11(32-30-10-29-31-32)18(33,12-2-6-14(7-3-12)34-19(25,26)16(21)22)13-4-8-15(9-5-13)35-20(27,28)17(23)24/h2-11,16-17,33H,1H3. The first-order chi connectivity index (χ1) is 16.3. The predicted molar refractivity (Wildman–Crippen MR) is 102 cm³/mol. The van der Waals surface area contributed by atoms with Crippen LogP contribution >= 0.6 is 0 Å². The summed E-state index contributed by atoms with van der Waals surface area (Å²) in [6.07, 6.45) is -16.6. The summed E-state index contributed by atoms with van der Waals surface area (Å²) in [6.45, 7) is 1.44. The lowest BCUT2D eigenvalue weighted by atomic mass is 9.81. The molecular formula is C20H16F8N4O3. The molecule has 3 aromatic rings. The fraction of sp³-hybridized carbons (Fsp3) is 0.350. The number of benzene rings is 2. The smallest absolute Gasteiger partial charge is 0.428 e. The zero-order chi connectivity index (χ0) is 26.0. The molecule has 1 atom stereocenters. The number of aromatic nitrogens is 4. The highest BCUT2D eigenvalue weighted by molar-refractivity contribution is 5.42. The zero-order valence-corrected chi connectivity index (χ0v) is 17.5. The van der Waals surface area contributed by atoms with E-state index in [4.69, 9.17) is 0 Å². The van der Waals surface area contributed by atoms with Gasteiger partial charge in [0.2, 0.25) is 0 Å². The molecule has 0 aliphatic heterocycles. The first-order valence-corrected chi connectivity index (χ1v) is 9.63. The van der Waals surface area contributed by atoms with Crippen molar-refractivity contribution >= 4 is 0 Å². The number of nitrogens with zero attached hydrogens (tertiary/aromatic N) is 4. The number of halogens is 8. The van der Waals surface area contributed by atoms with E-state index in [9.17, 15) is 40.2 Å². The van der Waals surface area contributed by atoms with Gasteiger partial charge in [-0.2, -0.15) is 39.9 Å². The second kappa shape index (κ2) is 9.64. The third-order valence-corrected chi connectivity index (χ3v) is 4.92. The van der Waals surface area contributed by atoms with Gasteiger partial charge in [-0.1, -0.05) is 24.3 Å². The molecule has 0 fully saturated rings. The Kier molecular flexibility index (Phi) is 7.19. The second-order valence-electron chi connectivity index (χ2n) is 7.18. The minimum atomic E-state index is -4.76. The van der Waals surface area contributed by atoms with Crippen molar-refractivity contribution in [3.63, 3.8) is 0 Å². The van der Waals surface area contributed by atoms with Crippen molar-refractivity contribution in [3.8, 4) is 11.5 Å². The van der Waals surface area contributed by atoms with Crippen molar-refractivity contribution in [2.45, 2.75) is 43.6 Å². The summed E-state index contributed by atoms with van der Waals surface area (Å²) < 4.78 is 110. The lowest BCUT2D eigenvalue weighted by Gasteiger charge is -2.34. The molecule has 0 spiro atoms. The van der Waals surface area contributed by atoms with Gasteiger partial charge < -0.3 is 14.6 Å². The van der Waals surface area contributed by atoms with Gasteiger partial charge in [-0.05, 0) is 47.5 Å². The summed E-state index contributed by atoms with van der Waals surface area (Å²) >= 11 is 0. The molecule has 3 rings (SSSR count). The van der Waals surface area contributed by atoms with E-state index in [1.807, 2.05) is 0 Å². The van der Waals surface area contributed by atoms with Crippen molar-refractivity contribution in [1.29, 1.82) is 0 Å². The fourth-order valence-electron chi connectivity index (χ4n) is 3.13. The van der Waals surface area contributed by atoms with Crippen LogP contribution in [0.1, 0.15) is 24.1 Å². The van der Waals surface area contributed by atoms with E-state index < -0.39 is 48.2 Å². The predicted octanol–water partition coefficient (Wildman–Crippen LogP) is 4.64. The maximum atomic E-state index is 13.2. The molecule has 0 saturated carbocycles. The zero-order valence-electron chi connectivity index (χ0n) is 17.5. The van der Waals surface area contributed by atoms with Crippen molar-refractivity contribution < 1.29 is 49.7 Å². The maximum absolute atomic E-state index is 13.2. The Morgan fingerprint density at radius 2 is 1.17 bits per heavy atom. The topological polar surface area (TPSA) is 82.3 Å². The van der Waals surface area contributed by atoms with Crippen molar-refractivity contribution in [2.75, 3.05) is 0 Å². The van der Waals surface area contributed by atoms with Crippen LogP contribution in [-0.2, 0) is 5.60 Å². The number of alkyl halides is 8. The lowest BCUT2D eigenvalue weighted by Crippen LogP contribution is -2.38. The Hall–Kier alpha value is -3.49. The molecule has 15 heteroatoms. The van der Waals surface area contributed by atoms with Gasteiger partial charge in [-0.15, -0.1) is 10.2 Å². The third-order valence-electron chi connectivity index (χ3n) is 4.92. The van der Waals surface area contributed by atoms with E-state index in [1.54, 1.807) is 0 Å². The van der Waals surface area contributed by atoms with Crippen LogP contribution in [0.25, 0.3) is 0 Å². The van der Waals surface area contributed by atoms with E-state index in [2.05, 4.69) is 24.9 Å². The lowest BCUT2D eigenvalue weighted by molar-refractivity contribution is -0.253. The first-order valence-electron chi connectivity index (χ1n) is 9.63. The summed E-state index contributed by atoms with van der Waals surface area (Å²) in [7, 11) is 0. The first kappa shape index (κ1) is 26.1. The minimum absolute atomic E-state index is 0.00147. The van der Waals surface area contributed by atoms with E-state index >= 15 is 0 Å². The molecule has 0 aliphatic carbocycles. The van der Waals surface area contributed by atoms with Crippen molar-refractivity contribution in [3.05, 3.63) is 66.0 Å². The molecule has 1 N–H and O–H groups in total. The summed E-state index contributed by atoms with van der Waals surface area (Å²) in [5, 5.41) is 22.7. The summed E-state index contributed by atoms with van der Waals surface area (Å²) in [6, 6.07) is 6.93. The van der Waals surface area contributed by atoms with Crippen LogP contribution in [0.5, 0.6) is 11.5 Å². The normalized spacial score (nSPS) is 13.8. The van der Waals surface area contributed by atoms with Gasteiger partial charge in [0.1, 0.15) is 23.1 Å². The number of rotatable bonds is 10. The number of hydrogen-bond donors (Lipinski definition) is 1. The molecule has 190 valence electrons. The molecule has 1 unspecified atom stereocenters. The Balaban J connectivity index is 1.99. The van der Waals surface area contributed by atoms with Crippen LogP contribution in [0.4, 0.5) is 35.1 Å². The number of aliphatic hydroxyl groups is 1. The van der Waals surface area contributed by atoms with Crippen molar-refractivity contribution in [2.24, 2.45) is 0 Å². The van der Waals surface area contributed by atoms with Crippen LogP contribution in [0.2, 0.25) is 0 Å². The van der Waals surface area contributed by atoms with Gasteiger partial charge in [-0.3, -0.25) is 0 Å². The molecule has 1 aromatic heterocycles. The molecule has 0 radical (unpaired) electrons. The van der Waals surface area contributed by atoms with Crippen LogP contribution in [0.15, 0.2) is 54.9 Å². The molecule has 7 nitrogen and oxygen atoms in total. The van der Waals surface area contributed by atoms with E-state index in [0.29, 0.717) is 0 Å². The quantitative estimate of drug-likeness (QED) is 0.399. The summed E-state index contributed by atoms with van der Waals surface area (Å²) in [5.74, 6) is -1.27. The average molecular weight is 512 g/mol. The van der Waals surface area contributed by atoms with Crippen LogP contribution in [0, 0.1) is 0 Å². The van der Waals surface area contributed by atoms with E-state index in [0.717, 1.165) is 59.7 Å². The van der Waals surface area contributed by atoms with Gasteiger partial charge in [0, 0.05) is 0 Å². The van der Waals surface area contributed by atoms with Gasteiger partial charge in [0.25, 0.3) is 0 Å². The highest BCUT2D eigenvalue weighted by Gasteiger charge is 2.45. The Bertz CT molecular complexity index is 1030. The maximum Gasteiger partial charge on any atom is 0.461 e. The largest absolute Gasteiger partial charge is 0.461 e. The van der Waals surface area contributed by atoms with Gasteiger partial charge in [0.05, 0.1) is 0 Å². The Morgan fingerprint density at radius 3 is 1.49 bits per heavy atom. The molecule has 2 aromatic carbocycles. The minimum Gasteiger partial charge on any atom is -0.428 e. The van der Waals surface area contributed by atoms with Crippen LogP contribution in [0.3, 0.4) is 0 Å². The Labute approximate surface area is 191 Å². The van der Waals surface area contributed by atoms with Crippen LogP contribution < -0.4 is 9.47 Å². The van der Waals surface area contributed by atoms with E-state index in [-0.39, 0.29) is 11.1 Å². The van der Waals surface area contributed by atoms with Gasteiger partial charge in [-0.25, -0.2) is 0 Å². The van der Waals surface area contributed by atoms with E-state index in [1.165, 1.54) is 6.92 Å².